The molecule has 1 atom stereocenters. The molecule has 3 aromatic rings. The van der Waals surface area contributed by atoms with E-state index in [1.807, 2.05) is 23.6 Å². The van der Waals surface area contributed by atoms with Gasteiger partial charge in [0.1, 0.15) is 24.4 Å². The second-order valence-corrected chi connectivity index (χ2v) is 9.87. The minimum atomic E-state index is -0.239. The number of aromatic nitrogens is 2. The topological polar surface area (TPSA) is 75.7 Å². The van der Waals surface area contributed by atoms with Gasteiger partial charge in [-0.1, -0.05) is 26.7 Å². The lowest BCUT2D eigenvalue weighted by Crippen LogP contribution is -2.37. The zero-order chi connectivity index (χ0) is 23.7. The number of rotatable bonds is 6. The van der Waals surface area contributed by atoms with Crippen LogP contribution < -0.4 is 15.0 Å². The lowest BCUT2D eigenvalue weighted by molar-refractivity contribution is 0.0245. The summed E-state index contributed by atoms with van der Waals surface area (Å²) in [6, 6.07) is 7.67. The maximum atomic E-state index is 13.2. The van der Waals surface area contributed by atoms with Gasteiger partial charge in [-0.2, -0.15) is 0 Å². The molecule has 7 heteroatoms. The molecule has 0 amide bonds. The van der Waals surface area contributed by atoms with E-state index < -0.39 is 0 Å². The molecule has 0 spiro atoms. The number of fused-ring (bicyclic) bond motifs is 3. The van der Waals surface area contributed by atoms with E-state index in [2.05, 4.69) is 24.9 Å². The predicted molar refractivity (Wildman–Crippen MR) is 128 cm³/mol. The van der Waals surface area contributed by atoms with Gasteiger partial charge in [0.25, 0.3) is 5.56 Å². The summed E-state index contributed by atoms with van der Waals surface area (Å²) in [6.07, 6.45) is 7.67. The van der Waals surface area contributed by atoms with Gasteiger partial charge in [-0.25, -0.2) is 4.98 Å². The Balaban J connectivity index is 1.45. The number of hydrogen-bond donors (Lipinski definition) is 0. The van der Waals surface area contributed by atoms with Gasteiger partial charge in [0, 0.05) is 35.8 Å². The number of oxazole rings is 1. The highest BCUT2D eigenvalue weighted by atomic mass is 16.5. The van der Waals surface area contributed by atoms with Crippen molar-refractivity contribution in [2.24, 2.45) is 0 Å². The van der Waals surface area contributed by atoms with Crippen LogP contribution in [0.2, 0.25) is 0 Å². The maximum absolute atomic E-state index is 13.2. The fourth-order valence-corrected chi connectivity index (χ4v) is 5.01. The Morgan fingerprint density at radius 3 is 2.88 bits per heavy atom. The largest absolute Gasteiger partial charge is 0.490 e. The highest BCUT2D eigenvalue weighted by molar-refractivity contribution is 5.73. The fourth-order valence-electron chi connectivity index (χ4n) is 5.01. The molecule has 1 saturated heterocycles. The van der Waals surface area contributed by atoms with Crippen molar-refractivity contribution >= 4 is 0 Å². The molecule has 1 fully saturated rings. The minimum Gasteiger partial charge on any atom is -0.490 e. The molecule has 0 aliphatic carbocycles. The second-order valence-electron chi connectivity index (χ2n) is 9.87. The van der Waals surface area contributed by atoms with Crippen LogP contribution in [-0.2, 0) is 23.3 Å². The molecule has 0 unspecified atom stereocenters. The molecule has 0 saturated carbocycles. The average molecular weight is 465 g/mol. The number of pyridine rings is 1. The van der Waals surface area contributed by atoms with Gasteiger partial charge in [-0.05, 0) is 43.5 Å². The lowest BCUT2D eigenvalue weighted by Gasteiger charge is -2.36. The third-order valence-electron chi connectivity index (χ3n) is 6.84. The maximum Gasteiger partial charge on any atom is 0.254 e. The van der Waals surface area contributed by atoms with E-state index in [0.717, 1.165) is 54.0 Å². The first kappa shape index (κ1) is 22.7. The standard InChI is InChI=1S/C27H32N2O5/c1-18-23(34-15-20-7-5-4-6-11-31-20)14-25(30)29-17-27(2,3)22-13-19(8-9-21(22)26(18)29)33-16-24-28-10-12-32-24/h8-10,12-14,20H,4-7,11,15-17H2,1-3H3/t20-/m0/s1. The molecule has 0 N–H and O–H groups in total. The minimum absolute atomic E-state index is 0.0414. The van der Waals surface area contributed by atoms with Crippen LogP contribution in [0.3, 0.4) is 0 Å². The molecule has 2 aliphatic heterocycles. The SMILES string of the molecule is Cc1c(OC[C@@H]2CCCCCO2)cc(=O)n2c1-c1ccc(OCc3ncco3)cc1C(C)(C)C2. The van der Waals surface area contributed by atoms with Crippen molar-refractivity contribution in [3.63, 3.8) is 0 Å². The Morgan fingerprint density at radius 2 is 2.06 bits per heavy atom. The quantitative estimate of drug-likeness (QED) is 0.510. The molecule has 180 valence electrons. The Kier molecular flexibility index (Phi) is 6.21. The first-order chi connectivity index (χ1) is 16.4. The summed E-state index contributed by atoms with van der Waals surface area (Å²) in [5.41, 5.74) is 3.78. The summed E-state index contributed by atoms with van der Waals surface area (Å²) in [4.78, 5) is 17.3. The Labute approximate surface area is 199 Å². The third-order valence-corrected chi connectivity index (χ3v) is 6.84. The average Bonchev–Trinajstić information content (AvgIpc) is 3.21. The van der Waals surface area contributed by atoms with Gasteiger partial charge < -0.3 is 23.2 Å². The molecule has 0 bridgehead atoms. The zero-order valence-corrected chi connectivity index (χ0v) is 20.1. The van der Waals surface area contributed by atoms with Gasteiger partial charge in [0.15, 0.2) is 6.61 Å². The lowest BCUT2D eigenvalue weighted by atomic mass is 9.77. The van der Waals surface area contributed by atoms with Crippen LogP contribution in [0, 0.1) is 6.92 Å². The Morgan fingerprint density at radius 1 is 1.18 bits per heavy atom. The number of ether oxygens (including phenoxy) is 3. The van der Waals surface area contributed by atoms with E-state index in [1.165, 1.54) is 12.7 Å². The first-order valence-corrected chi connectivity index (χ1v) is 12.1. The number of benzene rings is 1. The van der Waals surface area contributed by atoms with Gasteiger partial charge in [0.05, 0.1) is 18.0 Å². The molecule has 0 radical (unpaired) electrons. The summed E-state index contributed by atoms with van der Waals surface area (Å²) >= 11 is 0. The van der Waals surface area contributed by atoms with Crippen LogP contribution in [0.25, 0.3) is 11.3 Å². The smallest absolute Gasteiger partial charge is 0.254 e. The van der Waals surface area contributed by atoms with Gasteiger partial charge in [-0.3, -0.25) is 4.79 Å². The van der Waals surface area contributed by atoms with Crippen LogP contribution in [0.5, 0.6) is 11.5 Å². The molecular formula is C27H32N2O5. The van der Waals surface area contributed by atoms with Crippen molar-refractivity contribution in [1.29, 1.82) is 0 Å². The third kappa shape index (κ3) is 4.49. The molecule has 4 heterocycles. The fraction of sp³-hybridized carbons (Fsp3) is 0.481. The number of nitrogens with zero attached hydrogens (tertiary/aromatic N) is 2. The van der Waals surface area contributed by atoms with Crippen molar-refractivity contribution in [2.45, 2.75) is 71.1 Å². The summed E-state index contributed by atoms with van der Waals surface area (Å²) in [5, 5.41) is 0. The Bertz CT molecular complexity index is 1200. The molecule has 7 nitrogen and oxygen atoms in total. The monoisotopic (exact) mass is 464 g/mol. The van der Waals surface area contributed by atoms with Gasteiger partial charge >= 0.3 is 0 Å². The normalized spacial score (nSPS) is 19.1. The summed E-state index contributed by atoms with van der Waals surface area (Å²) in [7, 11) is 0. The van der Waals surface area contributed by atoms with E-state index in [1.54, 1.807) is 12.3 Å². The van der Waals surface area contributed by atoms with Crippen LogP contribution in [0.15, 0.2) is 45.9 Å². The van der Waals surface area contributed by atoms with Crippen molar-refractivity contribution in [2.75, 3.05) is 13.2 Å². The predicted octanol–water partition coefficient (Wildman–Crippen LogP) is 5.02. The highest BCUT2D eigenvalue weighted by Gasteiger charge is 2.34. The Hall–Kier alpha value is -3.06. The second kappa shape index (κ2) is 9.29. The zero-order valence-electron chi connectivity index (χ0n) is 20.1. The molecular weight excluding hydrogens is 432 g/mol. The molecule has 2 aliphatic rings. The van der Waals surface area contributed by atoms with Crippen molar-refractivity contribution in [1.82, 2.24) is 9.55 Å². The van der Waals surface area contributed by atoms with E-state index >= 15 is 0 Å². The molecule has 1 aromatic carbocycles. The van der Waals surface area contributed by atoms with Crippen molar-refractivity contribution in [3.05, 3.63) is 64.1 Å². The molecule has 34 heavy (non-hydrogen) atoms. The van der Waals surface area contributed by atoms with Crippen LogP contribution in [0.4, 0.5) is 0 Å². The van der Waals surface area contributed by atoms with Crippen LogP contribution >= 0.6 is 0 Å². The first-order valence-electron chi connectivity index (χ1n) is 12.1. The van der Waals surface area contributed by atoms with E-state index in [4.69, 9.17) is 18.6 Å². The summed E-state index contributed by atoms with van der Waals surface area (Å²) in [5.74, 6) is 1.92. The highest BCUT2D eigenvalue weighted by Crippen LogP contribution is 2.43. The van der Waals surface area contributed by atoms with Gasteiger partial charge in [0.2, 0.25) is 5.89 Å². The van der Waals surface area contributed by atoms with Crippen LogP contribution in [-0.4, -0.2) is 28.9 Å². The number of hydrogen-bond acceptors (Lipinski definition) is 6. The summed E-state index contributed by atoms with van der Waals surface area (Å²) < 4.78 is 25.2. The van der Waals surface area contributed by atoms with Gasteiger partial charge in [-0.15, -0.1) is 0 Å². The van der Waals surface area contributed by atoms with Crippen molar-refractivity contribution < 1.29 is 18.6 Å². The molecule has 5 rings (SSSR count). The van der Waals surface area contributed by atoms with E-state index in [0.29, 0.717) is 24.8 Å². The summed E-state index contributed by atoms with van der Waals surface area (Å²) in [6.45, 7) is 8.44. The molecule has 2 aromatic heterocycles. The van der Waals surface area contributed by atoms with E-state index in [9.17, 15) is 4.79 Å². The van der Waals surface area contributed by atoms with Crippen molar-refractivity contribution in [3.8, 4) is 22.8 Å². The van der Waals surface area contributed by atoms with Crippen LogP contribution in [0.1, 0.15) is 56.5 Å². The van der Waals surface area contributed by atoms with E-state index in [-0.39, 0.29) is 23.7 Å².